The minimum absolute atomic E-state index is 0.0458. The van der Waals surface area contributed by atoms with E-state index >= 15 is 0 Å². The van der Waals surface area contributed by atoms with Crippen LogP contribution in [0.25, 0.3) is 0 Å². The third-order valence-corrected chi connectivity index (χ3v) is 6.86. The average molecular weight is 485 g/mol. The summed E-state index contributed by atoms with van der Waals surface area (Å²) in [5, 5.41) is 13.5. The molecule has 180 valence electrons. The highest BCUT2D eigenvalue weighted by molar-refractivity contribution is 7.96. The van der Waals surface area contributed by atoms with Crippen LogP contribution in [0.1, 0.15) is 52.7 Å². The van der Waals surface area contributed by atoms with E-state index < -0.39 is 66.4 Å². The molecule has 0 amide bonds. The third-order valence-electron chi connectivity index (χ3n) is 4.75. The number of hydrogen-bond acceptors (Lipinski definition) is 5. The van der Waals surface area contributed by atoms with Gasteiger partial charge in [0, 0.05) is 11.7 Å². The van der Waals surface area contributed by atoms with Crippen LogP contribution in [0.3, 0.4) is 0 Å². The van der Waals surface area contributed by atoms with E-state index in [0.717, 1.165) is 0 Å². The van der Waals surface area contributed by atoms with Crippen LogP contribution in [0.15, 0.2) is 28.9 Å². The molecule has 5 nitrogen and oxygen atoms in total. The van der Waals surface area contributed by atoms with E-state index in [1.807, 2.05) is 0 Å². The highest BCUT2D eigenvalue weighted by atomic mass is 32.2. The van der Waals surface area contributed by atoms with Crippen molar-refractivity contribution in [2.24, 2.45) is 5.41 Å². The molecule has 0 fully saturated rings. The van der Waals surface area contributed by atoms with Crippen molar-refractivity contribution in [2.75, 3.05) is 5.32 Å². The largest absolute Gasteiger partial charge is 0.416 e. The average Bonchev–Trinajstić information content (AvgIpc) is 2.59. The van der Waals surface area contributed by atoms with Crippen LogP contribution in [0, 0.1) is 16.7 Å². The highest BCUT2D eigenvalue weighted by Crippen LogP contribution is 2.38. The van der Waals surface area contributed by atoms with Crippen LogP contribution in [0.5, 0.6) is 0 Å². The molecule has 12 heteroatoms. The van der Waals surface area contributed by atoms with Crippen molar-refractivity contribution in [1.29, 1.82) is 5.26 Å². The number of anilines is 1. The quantitative estimate of drug-likeness (QED) is 0.401. The Bertz CT molecular complexity index is 981. The number of benzene rings is 1. The molecule has 1 rings (SSSR count). The van der Waals surface area contributed by atoms with E-state index in [-0.39, 0.29) is 6.07 Å². The zero-order valence-electron chi connectivity index (χ0n) is 18.3. The van der Waals surface area contributed by atoms with Gasteiger partial charge in [0.05, 0.1) is 16.4 Å². The first-order valence-electron chi connectivity index (χ1n) is 9.42. The van der Waals surface area contributed by atoms with Gasteiger partial charge in [0.25, 0.3) is 0 Å². The number of halogens is 6. The van der Waals surface area contributed by atoms with Crippen molar-refractivity contribution in [3.05, 3.63) is 40.1 Å². The van der Waals surface area contributed by atoms with Crippen molar-refractivity contribution in [2.45, 2.75) is 65.2 Å². The predicted molar refractivity (Wildman–Crippen MR) is 109 cm³/mol. The van der Waals surface area contributed by atoms with Gasteiger partial charge >= 0.3 is 12.4 Å². The van der Waals surface area contributed by atoms with Crippen LogP contribution < -0.4 is 10.6 Å². The Morgan fingerprint density at radius 2 is 1.38 bits per heavy atom. The molecule has 0 aliphatic rings. The van der Waals surface area contributed by atoms with Gasteiger partial charge in [-0.25, -0.2) is 8.42 Å². The smallest absolute Gasteiger partial charge is 0.367 e. The van der Waals surface area contributed by atoms with Gasteiger partial charge in [0.2, 0.25) is 0 Å². The summed E-state index contributed by atoms with van der Waals surface area (Å²) in [7, 11) is -4.23. The van der Waals surface area contributed by atoms with Gasteiger partial charge in [-0.1, -0.05) is 20.8 Å². The molecule has 2 N–H and O–H groups in total. The van der Waals surface area contributed by atoms with Crippen LogP contribution in [0.4, 0.5) is 32.0 Å². The molecule has 1 aromatic carbocycles. The monoisotopic (exact) mass is 485 g/mol. The summed E-state index contributed by atoms with van der Waals surface area (Å²) in [5.74, 6) is -0.504. The molecule has 0 spiro atoms. The first-order chi connectivity index (χ1) is 14.2. The second-order valence-corrected chi connectivity index (χ2v) is 11.0. The van der Waals surface area contributed by atoms with Crippen LogP contribution in [-0.4, -0.2) is 19.7 Å². The van der Waals surface area contributed by atoms with E-state index in [1.54, 1.807) is 27.7 Å². The third kappa shape index (κ3) is 6.79. The van der Waals surface area contributed by atoms with Gasteiger partial charge in [-0.05, 0) is 44.4 Å². The zero-order valence-corrected chi connectivity index (χ0v) is 19.1. The Morgan fingerprint density at radius 3 is 1.69 bits per heavy atom. The molecule has 0 heterocycles. The lowest BCUT2D eigenvalue weighted by atomic mass is 9.88. The maximum absolute atomic E-state index is 13.2. The summed E-state index contributed by atoms with van der Waals surface area (Å²) in [6, 6.07) is 1.77. The molecule has 0 saturated carbocycles. The molecule has 0 aliphatic carbocycles. The second-order valence-electron chi connectivity index (χ2n) is 8.56. The number of nitrogens with zero attached hydrogens (tertiary/aromatic N) is 1. The van der Waals surface area contributed by atoms with E-state index in [9.17, 15) is 40.0 Å². The first kappa shape index (κ1) is 27.6. The number of rotatable bonds is 6. The number of sulfone groups is 1. The maximum Gasteiger partial charge on any atom is 0.416 e. The molecule has 0 aromatic heterocycles. The van der Waals surface area contributed by atoms with E-state index in [1.165, 1.54) is 19.9 Å². The van der Waals surface area contributed by atoms with Crippen molar-refractivity contribution < 1.29 is 34.8 Å². The normalized spacial score (nSPS) is 15.1. The summed E-state index contributed by atoms with van der Waals surface area (Å²) in [4.78, 5) is -0.824. The van der Waals surface area contributed by atoms with Crippen molar-refractivity contribution in [3.63, 3.8) is 0 Å². The number of allylic oxidation sites excluding steroid dienone is 1. The summed E-state index contributed by atoms with van der Waals surface area (Å²) in [6.45, 7) is 9.55. The van der Waals surface area contributed by atoms with Gasteiger partial charge in [0.1, 0.15) is 11.9 Å². The van der Waals surface area contributed by atoms with Crippen LogP contribution >= 0.6 is 0 Å². The lowest BCUT2D eigenvalue weighted by Crippen LogP contribution is -2.40. The molecule has 1 atom stereocenters. The van der Waals surface area contributed by atoms with Gasteiger partial charge in [-0.15, -0.1) is 0 Å². The SMILES string of the molecule is CC(NC(Nc1cc(C(F)(F)F)cc(C(F)(F)F)c1)=C(C#N)S(=O)(=O)C(C)C)C(C)(C)C. The minimum Gasteiger partial charge on any atom is -0.367 e. The standard InChI is InChI=1S/C20H25F6N3O2S/c1-11(2)32(30,31)16(10-27)17(28-12(3)18(4,5)6)29-15-8-13(19(21,22)23)7-14(9-15)20(24,25)26/h7-9,11-12,28-29H,1-6H3. The lowest BCUT2D eigenvalue weighted by molar-refractivity contribution is -0.143. The Labute approximate surface area is 183 Å². The Balaban J connectivity index is 3.79. The Morgan fingerprint density at radius 1 is 0.938 bits per heavy atom. The fourth-order valence-corrected chi connectivity index (χ4v) is 3.25. The van der Waals surface area contributed by atoms with E-state index in [0.29, 0.717) is 12.1 Å². The Kier molecular flexibility index (Phi) is 7.95. The summed E-state index contributed by atoms with van der Waals surface area (Å²) < 4.78 is 104. The van der Waals surface area contributed by atoms with Crippen molar-refractivity contribution in [3.8, 4) is 6.07 Å². The van der Waals surface area contributed by atoms with Gasteiger partial charge in [0.15, 0.2) is 14.7 Å². The fourth-order valence-electron chi connectivity index (χ4n) is 2.26. The molecule has 32 heavy (non-hydrogen) atoms. The Hall–Kier alpha value is -2.42. The van der Waals surface area contributed by atoms with Crippen molar-refractivity contribution in [1.82, 2.24) is 5.32 Å². The topological polar surface area (TPSA) is 82.0 Å². The molecule has 0 bridgehead atoms. The van der Waals surface area contributed by atoms with Gasteiger partial charge in [-0.3, -0.25) is 0 Å². The predicted octanol–water partition coefficient (Wildman–Crippen LogP) is 5.68. The van der Waals surface area contributed by atoms with Gasteiger partial charge < -0.3 is 10.6 Å². The molecule has 0 aliphatic heterocycles. The van der Waals surface area contributed by atoms with Crippen LogP contribution in [-0.2, 0) is 22.2 Å². The fraction of sp³-hybridized carbons (Fsp3) is 0.550. The maximum atomic E-state index is 13.2. The lowest BCUT2D eigenvalue weighted by Gasteiger charge is -2.31. The highest BCUT2D eigenvalue weighted by Gasteiger charge is 2.37. The number of nitrogens with one attached hydrogen (secondary N) is 2. The molecular weight excluding hydrogens is 460 g/mol. The minimum atomic E-state index is -5.09. The zero-order chi connectivity index (χ0) is 25.3. The van der Waals surface area contributed by atoms with Crippen LogP contribution in [0.2, 0.25) is 0 Å². The first-order valence-corrected chi connectivity index (χ1v) is 11.0. The summed E-state index contributed by atoms with van der Waals surface area (Å²) >= 11 is 0. The van der Waals surface area contributed by atoms with E-state index in [2.05, 4.69) is 10.6 Å². The number of nitriles is 1. The summed E-state index contributed by atoms with van der Waals surface area (Å²) in [6.07, 6.45) is -10.2. The molecule has 1 aromatic rings. The van der Waals surface area contributed by atoms with Gasteiger partial charge in [-0.2, -0.15) is 31.6 Å². The molecule has 1 unspecified atom stereocenters. The second kappa shape index (κ2) is 9.21. The molecule has 0 radical (unpaired) electrons. The molecule has 0 saturated heterocycles. The number of alkyl halides is 6. The van der Waals surface area contributed by atoms with Crippen molar-refractivity contribution >= 4 is 15.5 Å². The number of hydrogen-bond donors (Lipinski definition) is 2. The van der Waals surface area contributed by atoms with E-state index in [4.69, 9.17) is 0 Å². The summed E-state index contributed by atoms with van der Waals surface area (Å²) in [5.41, 5.74) is -4.34. The molecular formula is C20H25F6N3O2S.